The number of esters is 1. The van der Waals surface area contributed by atoms with E-state index in [1.807, 2.05) is 0 Å². The molecule has 0 saturated heterocycles. The highest BCUT2D eigenvalue weighted by atomic mass is 31.2. The molecular weight excluding hydrogens is 227 g/mol. The maximum atomic E-state index is 12.1. The van der Waals surface area contributed by atoms with Crippen LogP contribution in [0.15, 0.2) is 24.3 Å². The molecule has 1 aromatic rings. The number of benzene rings is 1. The lowest BCUT2D eigenvalue weighted by molar-refractivity contribution is 0.0527. The highest BCUT2D eigenvalue weighted by molar-refractivity contribution is 7.66. The predicted molar refractivity (Wildman–Crippen MR) is 62.6 cm³/mol. The van der Waals surface area contributed by atoms with Gasteiger partial charge in [0.2, 0.25) is 7.37 Å². The monoisotopic (exact) mass is 242 g/mol. The Bertz CT molecular complexity index is 428. The van der Waals surface area contributed by atoms with E-state index in [2.05, 4.69) is 0 Å². The highest BCUT2D eigenvalue weighted by Gasteiger charge is 2.24. The Hall–Kier alpha value is -1.12. The van der Waals surface area contributed by atoms with E-state index in [-0.39, 0.29) is 6.61 Å². The molecule has 0 bridgehead atoms. The van der Waals surface area contributed by atoms with Gasteiger partial charge in [0.05, 0.1) is 17.5 Å². The van der Waals surface area contributed by atoms with Crippen molar-refractivity contribution in [2.75, 3.05) is 20.4 Å². The fraction of sp³-hybridized carbons (Fsp3) is 0.364. The zero-order chi connectivity index (χ0) is 12.2. The van der Waals surface area contributed by atoms with Crippen LogP contribution in [-0.4, -0.2) is 26.4 Å². The quantitative estimate of drug-likeness (QED) is 0.599. The topological polar surface area (TPSA) is 52.6 Å². The molecule has 1 rings (SSSR count). The van der Waals surface area contributed by atoms with Gasteiger partial charge in [-0.2, -0.15) is 0 Å². The van der Waals surface area contributed by atoms with Crippen LogP contribution in [0.3, 0.4) is 0 Å². The molecule has 0 amide bonds. The molecule has 1 aromatic carbocycles. The molecule has 0 heterocycles. The summed E-state index contributed by atoms with van der Waals surface area (Å²) in [4.78, 5) is 11.6. The molecule has 0 saturated carbocycles. The zero-order valence-corrected chi connectivity index (χ0v) is 10.5. The Morgan fingerprint density at radius 3 is 2.56 bits per heavy atom. The van der Waals surface area contributed by atoms with Crippen LogP contribution in [-0.2, 0) is 13.8 Å². The molecule has 0 aliphatic rings. The lowest BCUT2D eigenvalue weighted by atomic mass is 10.2. The first-order valence-electron chi connectivity index (χ1n) is 4.93. The highest BCUT2D eigenvalue weighted by Crippen LogP contribution is 2.41. The van der Waals surface area contributed by atoms with E-state index in [4.69, 9.17) is 9.26 Å². The molecule has 88 valence electrons. The maximum absolute atomic E-state index is 12.1. The van der Waals surface area contributed by atoms with Crippen molar-refractivity contribution in [3.63, 3.8) is 0 Å². The van der Waals surface area contributed by atoms with Gasteiger partial charge in [0.1, 0.15) is 0 Å². The van der Waals surface area contributed by atoms with Crippen molar-refractivity contribution in [3.8, 4) is 0 Å². The minimum atomic E-state index is -2.94. The van der Waals surface area contributed by atoms with E-state index < -0.39 is 13.3 Å². The average Bonchev–Trinajstić information content (AvgIpc) is 2.29. The summed E-state index contributed by atoms with van der Waals surface area (Å²) in [6.07, 6.45) is 0. The number of rotatable bonds is 4. The third-order valence-electron chi connectivity index (χ3n) is 2.19. The van der Waals surface area contributed by atoms with Crippen molar-refractivity contribution < 1.29 is 18.6 Å². The first-order chi connectivity index (χ1) is 7.53. The summed E-state index contributed by atoms with van der Waals surface area (Å²) in [5, 5.41) is 0.399. The first kappa shape index (κ1) is 12.9. The SMILES string of the molecule is CCOC(=O)c1ccccc1P(C)(=O)OC. The molecule has 16 heavy (non-hydrogen) atoms. The van der Waals surface area contributed by atoms with Gasteiger partial charge < -0.3 is 9.26 Å². The minimum absolute atomic E-state index is 0.286. The van der Waals surface area contributed by atoms with Gasteiger partial charge in [-0.15, -0.1) is 0 Å². The van der Waals surface area contributed by atoms with E-state index in [0.29, 0.717) is 10.9 Å². The fourth-order valence-electron chi connectivity index (χ4n) is 1.31. The second kappa shape index (κ2) is 5.28. The van der Waals surface area contributed by atoms with E-state index in [1.165, 1.54) is 13.8 Å². The normalized spacial score (nSPS) is 14.2. The predicted octanol–water partition coefficient (Wildman–Crippen LogP) is 2.04. The Morgan fingerprint density at radius 1 is 1.38 bits per heavy atom. The number of ether oxygens (including phenoxy) is 1. The van der Waals surface area contributed by atoms with Gasteiger partial charge in [0.15, 0.2) is 0 Å². The third-order valence-corrected chi connectivity index (χ3v) is 4.15. The molecule has 0 fully saturated rings. The summed E-state index contributed by atoms with van der Waals surface area (Å²) < 4.78 is 21.9. The van der Waals surface area contributed by atoms with Gasteiger partial charge in [-0.3, -0.25) is 4.57 Å². The van der Waals surface area contributed by atoms with Crippen molar-refractivity contribution in [1.82, 2.24) is 0 Å². The van der Waals surface area contributed by atoms with Gasteiger partial charge in [-0.25, -0.2) is 4.79 Å². The second-order valence-corrected chi connectivity index (χ2v) is 5.80. The Morgan fingerprint density at radius 2 is 2.00 bits per heavy atom. The van der Waals surface area contributed by atoms with Gasteiger partial charge in [0, 0.05) is 13.8 Å². The smallest absolute Gasteiger partial charge is 0.338 e. The van der Waals surface area contributed by atoms with Gasteiger partial charge in [0.25, 0.3) is 0 Å². The first-order valence-corrected chi connectivity index (χ1v) is 7.00. The Kier molecular flexibility index (Phi) is 4.27. The van der Waals surface area contributed by atoms with Gasteiger partial charge in [-0.05, 0) is 19.1 Å². The number of carbonyl (C=O) groups excluding carboxylic acids is 1. The maximum Gasteiger partial charge on any atom is 0.338 e. The van der Waals surface area contributed by atoms with Crippen LogP contribution in [0.25, 0.3) is 0 Å². The molecule has 1 atom stereocenters. The van der Waals surface area contributed by atoms with Crippen LogP contribution in [0.4, 0.5) is 0 Å². The van der Waals surface area contributed by atoms with Crippen molar-refractivity contribution in [2.45, 2.75) is 6.92 Å². The van der Waals surface area contributed by atoms with Crippen LogP contribution in [0.1, 0.15) is 17.3 Å². The van der Waals surface area contributed by atoms with Crippen molar-refractivity contribution >= 4 is 18.6 Å². The third kappa shape index (κ3) is 2.71. The summed E-state index contributed by atoms with van der Waals surface area (Å²) in [5.41, 5.74) is 0.303. The molecule has 0 spiro atoms. The summed E-state index contributed by atoms with van der Waals surface area (Å²) in [5.74, 6) is -0.475. The van der Waals surface area contributed by atoms with Crippen LogP contribution < -0.4 is 5.30 Å². The summed E-state index contributed by atoms with van der Waals surface area (Å²) in [6.45, 7) is 3.49. The van der Waals surface area contributed by atoms with E-state index in [9.17, 15) is 9.36 Å². The van der Waals surface area contributed by atoms with E-state index >= 15 is 0 Å². The van der Waals surface area contributed by atoms with Gasteiger partial charge >= 0.3 is 5.97 Å². The Balaban J connectivity index is 3.20. The number of carbonyl (C=O) groups is 1. The van der Waals surface area contributed by atoms with Crippen molar-refractivity contribution in [1.29, 1.82) is 0 Å². The molecule has 5 heteroatoms. The van der Waals surface area contributed by atoms with E-state index in [1.54, 1.807) is 31.2 Å². The van der Waals surface area contributed by atoms with Crippen LogP contribution in [0, 0.1) is 0 Å². The number of hydrogen-bond donors (Lipinski definition) is 0. The molecule has 0 N–H and O–H groups in total. The molecular formula is C11H15O4P. The summed E-state index contributed by atoms with van der Waals surface area (Å²) >= 11 is 0. The second-order valence-electron chi connectivity index (χ2n) is 3.27. The van der Waals surface area contributed by atoms with Crippen molar-refractivity contribution in [3.05, 3.63) is 29.8 Å². The molecule has 4 nitrogen and oxygen atoms in total. The van der Waals surface area contributed by atoms with Gasteiger partial charge in [-0.1, -0.05) is 12.1 Å². The summed E-state index contributed by atoms with van der Waals surface area (Å²) in [6, 6.07) is 6.62. The lowest BCUT2D eigenvalue weighted by Crippen LogP contribution is -2.18. The molecule has 0 aliphatic heterocycles. The molecule has 0 radical (unpaired) electrons. The molecule has 0 aromatic heterocycles. The zero-order valence-electron chi connectivity index (χ0n) is 9.60. The largest absolute Gasteiger partial charge is 0.462 e. The van der Waals surface area contributed by atoms with Crippen LogP contribution >= 0.6 is 7.37 Å². The van der Waals surface area contributed by atoms with Crippen LogP contribution in [0.2, 0.25) is 0 Å². The summed E-state index contributed by atoms with van der Waals surface area (Å²) in [7, 11) is -1.58. The van der Waals surface area contributed by atoms with E-state index in [0.717, 1.165) is 0 Å². The minimum Gasteiger partial charge on any atom is -0.462 e. The molecule has 1 unspecified atom stereocenters. The van der Waals surface area contributed by atoms with Crippen molar-refractivity contribution in [2.24, 2.45) is 0 Å². The Labute approximate surface area is 95.0 Å². The standard InChI is InChI=1S/C11H15O4P/c1-4-15-11(12)9-7-5-6-8-10(9)16(3,13)14-2/h5-8H,4H2,1-3H3. The number of hydrogen-bond acceptors (Lipinski definition) is 4. The lowest BCUT2D eigenvalue weighted by Gasteiger charge is -2.14. The average molecular weight is 242 g/mol. The van der Waals surface area contributed by atoms with Crippen LogP contribution in [0.5, 0.6) is 0 Å². The molecule has 0 aliphatic carbocycles. The fourth-order valence-corrected chi connectivity index (χ4v) is 2.46.